The van der Waals surface area contributed by atoms with E-state index < -0.39 is 0 Å². The summed E-state index contributed by atoms with van der Waals surface area (Å²) in [4.78, 5) is 0. The Morgan fingerprint density at radius 2 is 2.15 bits per heavy atom. The number of aromatic hydroxyl groups is 1. The zero-order chi connectivity index (χ0) is 9.84. The van der Waals surface area contributed by atoms with Gasteiger partial charge in [-0.3, -0.25) is 0 Å². The second-order valence-electron chi connectivity index (χ2n) is 3.27. The molecule has 0 aliphatic heterocycles. The Morgan fingerprint density at radius 3 is 2.69 bits per heavy atom. The normalized spacial score (nSPS) is 12.8. The monoisotopic (exact) mass is 181 g/mol. The highest BCUT2D eigenvalue weighted by molar-refractivity contribution is 5.35. The molecule has 0 fully saturated rings. The van der Waals surface area contributed by atoms with Gasteiger partial charge in [0.05, 0.1) is 6.61 Å². The van der Waals surface area contributed by atoms with Crippen LogP contribution in [0.25, 0.3) is 0 Å². The Labute approximate surface area is 77.8 Å². The van der Waals surface area contributed by atoms with Crippen LogP contribution in [0.5, 0.6) is 5.75 Å². The molecule has 1 unspecified atom stereocenters. The molecule has 0 bridgehead atoms. The number of benzene rings is 1. The molecule has 3 heteroatoms. The Morgan fingerprint density at radius 1 is 1.46 bits per heavy atom. The summed E-state index contributed by atoms with van der Waals surface area (Å²) < 4.78 is 0. The zero-order valence-electron chi connectivity index (χ0n) is 7.70. The molecule has 1 rings (SSSR count). The molecule has 0 amide bonds. The van der Waals surface area contributed by atoms with Gasteiger partial charge in [0.1, 0.15) is 5.75 Å². The first kappa shape index (κ1) is 10.0. The number of aliphatic hydroxyl groups is 1. The largest absolute Gasteiger partial charge is 0.508 e. The molecule has 0 aromatic heterocycles. The van der Waals surface area contributed by atoms with Gasteiger partial charge < -0.3 is 15.9 Å². The number of hydrogen-bond donors (Lipinski definition) is 3. The van der Waals surface area contributed by atoms with E-state index in [-0.39, 0.29) is 12.6 Å². The van der Waals surface area contributed by atoms with Crippen LogP contribution >= 0.6 is 0 Å². The van der Waals surface area contributed by atoms with Gasteiger partial charge in [0.15, 0.2) is 0 Å². The van der Waals surface area contributed by atoms with Crippen molar-refractivity contribution in [3.05, 3.63) is 29.3 Å². The van der Waals surface area contributed by atoms with Crippen molar-refractivity contribution in [3.8, 4) is 5.75 Å². The van der Waals surface area contributed by atoms with Crippen LogP contribution in [0.1, 0.15) is 11.1 Å². The number of phenols is 1. The lowest BCUT2D eigenvalue weighted by molar-refractivity contribution is 0.265. The lowest BCUT2D eigenvalue weighted by atomic mass is 10.0. The summed E-state index contributed by atoms with van der Waals surface area (Å²) >= 11 is 0. The molecule has 0 saturated heterocycles. The maximum absolute atomic E-state index is 9.25. The average Bonchev–Trinajstić information content (AvgIpc) is 2.11. The first-order chi connectivity index (χ1) is 6.13. The predicted octanol–water partition coefficient (Wildman–Crippen LogP) is 0.563. The minimum Gasteiger partial charge on any atom is -0.508 e. The Kier molecular flexibility index (Phi) is 3.28. The standard InChI is InChI=1S/C10H15NO2/c1-7-4-8(2-3-10(7)13)5-9(11)6-12/h2-4,9,12-13H,5-6,11H2,1H3. The van der Waals surface area contributed by atoms with Crippen LogP contribution in [-0.4, -0.2) is 22.9 Å². The number of phenolic OH excluding ortho intramolecular Hbond substituents is 1. The van der Waals surface area contributed by atoms with E-state index in [4.69, 9.17) is 10.8 Å². The van der Waals surface area contributed by atoms with Crippen LogP contribution in [0, 0.1) is 6.92 Å². The highest BCUT2D eigenvalue weighted by Gasteiger charge is 2.03. The van der Waals surface area contributed by atoms with Gasteiger partial charge >= 0.3 is 0 Å². The molecule has 0 spiro atoms. The summed E-state index contributed by atoms with van der Waals surface area (Å²) in [6, 6.07) is 5.13. The number of aryl methyl sites for hydroxylation is 1. The van der Waals surface area contributed by atoms with E-state index in [9.17, 15) is 5.11 Å². The molecule has 72 valence electrons. The topological polar surface area (TPSA) is 66.5 Å². The average molecular weight is 181 g/mol. The molecule has 1 atom stereocenters. The summed E-state index contributed by atoms with van der Waals surface area (Å²) in [5.41, 5.74) is 7.46. The molecule has 13 heavy (non-hydrogen) atoms. The van der Waals surface area contributed by atoms with E-state index in [2.05, 4.69) is 0 Å². The number of hydrogen-bond acceptors (Lipinski definition) is 3. The molecule has 0 aliphatic rings. The van der Waals surface area contributed by atoms with Gasteiger partial charge in [-0.1, -0.05) is 12.1 Å². The predicted molar refractivity (Wildman–Crippen MR) is 51.6 cm³/mol. The van der Waals surface area contributed by atoms with Crippen LogP contribution in [-0.2, 0) is 6.42 Å². The lowest BCUT2D eigenvalue weighted by Crippen LogP contribution is -2.26. The molecular weight excluding hydrogens is 166 g/mol. The third-order valence-electron chi connectivity index (χ3n) is 1.99. The van der Waals surface area contributed by atoms with Crippen LogP contribution in [0.3, 0.4) is 0 Å². The molecule has 1 aromatic rings. The molecule has 4 N–H and O–H groups in total. The summed E-state index contributed by atoms with van der Waals surface area (Å²) in [5.74, 6) is 0.293. The molecule has 0 radical (unpaired) electrons. The van der Waals surface area contributed by atoms with Crippen molar-refractivity contribution in [1.82, 2.24) is 0 Å². The minimum absolute atomic E-state index is 0.0140. The summed E-state index contributed by atoms with van der Waals surface area (Å²) in [7, 11) is 0. The quantitative estimate of drug-likeness (QED) is 0.638. The van der Waals surface area contributed by atoms with Crippen LogP contribution < -0.4 is 5.73 Å². The first-order valence-corrected chi connectivity index (χ1v) is 4.28. The van der Waals surface area contributed by atoms with Crippen molar-refractivity contribution in [3.63, 3.8) is 0 Å². The smallest absolute Gasteiger partial charge is 0.118 e. The fourth-order valence-corrected chi connectivity index (χ4v) is 1.21. The second-order valence-corrected chi connectivity index (χ2v) is 3.27. The third kappa shape index (κ3) is 2.72. The molecule has 0 saturated carbocycles. The van der Waals surface area contributed by atoms with Crippen molar-refractivity contribution in [2.24, 2.45) is 5.73 Å². The minimum atomic E-state index is -0.219. The van der Waals surface area contributed by atoms with E-state index in [0.717, 1.165) is 11.1 Å². The lowest BCUT2D eigenvalue weighted by Gasteiger charge is -2.08. The molecule has 0 heterocycles. The van der Waals surface area contributed by atoms with Gasteiger partial charge in [0.2, 0.25) is 0 Å². The second kappa shape index (κ2) is 4.25. The van der Waals surface area contributed by atoms with Gasteiger partial charge in [-0.05, 0) is 30.5 Å². The van der Waals surface area contributed by atoms with Gasteiger partial charge in [-0.2, -0.15) is 0 Å². The van der Waals surface area contributed by atoms with Crippen molar-refractivity contribution in [1.29, 1.82) is 0 Å². The van der Waals surface area contributed by atoms with Crippen molar-refractivity contribution >= 4 is 0 Å². The number of aliphatic hydroxyl groups excluding tert-OH is 1. The van der Waals surface area contributed by atoms with Gasteiger partial charge in [0, 0.05) is 6.04 Å². The fraction of sp³-hybridized carbons (Fsp3) is 0.400. The van der Waals surface area contributed by atoms with E-state index >= 15 is 0 Å². The van der Waals surface area contributed by atoms with Crippen molar-refractivity contribution in [2.75, 3.05) is 6.61 Å². The zero-order valence-corrected chi connectivity index (χ0v) is 7.70. The van der Waals surface area contributed by atoms with Crippen LogP contribution in [0.2, 0.25) is 0 Å². The van der Waals surface area contributed by atoms with Gasteiger partial charge in [-0.25, -0.2) is 0 Å². The Balaban J connectivity index is 2.73. The van der Waals surface area contributed by atoms with Crippen molar-refractivity contribution in [2.45, 2.75) is 19.4 Å². The highest BCUT2D eigenvalue weighted by Crippen LogP contribution is 2.17. The first-order valence-electron chi connectivity index (χ1n) is 4.28. The summed E-state index contributed by atoms with van der Waals surface area (Å²) in [6.45, 7) is 1.82. The number of nitrogens with two attached hydrogens (primary N) is 1. The van der Waals surface area contributed by atoms with E-state index in [1.807, 2.05) is 19.1 Å². The molecule has 1 aromatic carbocycles. The fourth-order valence-electron chi connectivity index (χ4n) is 1.21. The van der Waals surface area contributed by atoms with E-state index in [1.54, 1.807) is 6.07 Å². The van der Waals surface area contributed by atoms with Crippen LogP contribution in [0.4, 0.5) is 0 Å². The van der Waals surface area contributed by atoms with Crippen LogP contribution in [0.15, 0.2) is 18.2 Å². The SMILES string of the molecule is Cc1cc(CC(N)CO)ccc1O. The number of rotatable bonds is 3. The molecular formula is C10H15NO2. The van der Waals surface area contributed by atoms with E-state index in [1.165, 1.54) is 0 Å². The summed E-state index contributed by atoms with van der Waals surface area (Å²) in [6.07, 6.45) is 0.637. The Bertz CT molecular complexity index is 286. The highest BCUT2D eigenvalue weighted by atomic mass is 16.3. The third-order valence-corrected chi connectivity index (χ3v) is 1.99. The molecule has 0 aliphatic carbocycles. The maximum Gasteiger partial charge on any atom is 0.118 e. The maximum atomic E-state index is 9.25. The Hall–Kier alpha value is -1.06. The summed E-state index contributed by atoms with van der Waals surface area (Å²) in [5, 5.41) is 18.0. The van der Waals surface area contributed by atoms with Gasteiger partial charge in [0.25, 0.3) is 0 Å². The van der Waals surface area contributed by atoms with Gasteiger partial charge in [-0.15, -0.1) is 0 Å². The van der Waals surface area contributed by atoms with E-state index in [0.29, 0.717) is 12.2 Å². The van der Waals surface area contributed by atoms with Crippen molar-refractivity contribution < 1.29 is 10.2 Å². The molecule has 3 nitrogen and oxygen atoms in total.